The van der Waals surface area contributed by atoms with Gasteiger partial charge in [0, 0.05) is 22.9 Å². The van der Waals surface area contributed by atoms with E-state index < -0.39 is 16.2 Å². The van der Waals surface area contributed by atoms with Gasteiger partial charge in [-0.25, -0.2) is 14.8 Å². The van der Waals surface area contributed by atoms with Gasteiger partial charge in [-0.3, -0.25) is 24.5 Å². The Balaban J connectivity index is 1.91. The van der Waals surface area contributed by atoms with Crippen molar-refractivity contribution in [2.75, 3.05) is 7.11 Å². The molecule has 3 heterocycles. The molecule has 170 valence electrons. The summed E-state index contributed by atoms with van der Waals surface area (Å²) < 4.78 is 7.10. The second kappa shape index (κ2) is 7.42. The molecule has 0 saturated carbocycles. The topological polar surface area (TPSA) is 146 Å². The summed E-state index contributed by atoms with van der Waals surface area (Å²) in [7, 11) is 1.54. The first-order chi connectivity index (χ1) is 16.9. The Hall–Kier alpha value is -5.19. The van der Waals surface area contributed by atoms with Crippen LogP contribution < -0.4 is 16.0 Å². The minimum atomic E-state index is -0.816. The molecule has 6 rings (SSSR count). The van der Waals surface area contributed by atoms with Crippen molar-refractivity contribution < 1.29 is 9.66 Å². The molecular formula is C24H14N6O5. The van der Waals surface area contributed by atoms with Crippen molar-refractivity contribution in [1.29, 1.82) is 0 Å². The minimum Gasteiger partial charge on any atom is -0.497 e. The normalized spacial score (nSPS) is 11.5. The van der Waals surface area contributed by atoms with Crippen molar-refractivity contribution in [2.24, 2.45) is 0 Å². The lowest BCUT2D eigenvalue weighted by molar-refractivity contribution is -0.384. The second-order valence-electron chi connectivity index (χ2n) is 7.78. The van der Waals surface area contributed by atoms with E-state index in [-0.39, 0.29) is 17.2 Å². The molecule has 1 aromatic heterocycles. The van der Waals surface area contributed by atoms with Gasteiger partial charge in [-0.05, 0) is 36.4 Å². The fourth-order valence-corrected chi connectivity index (χ4v) is 4.27. The van der Waals surface area contributed by atoms with Gasteiger partial charge in [0.15, 0.2) is 11.5 Å². The number of ether oxygens (including phenoxy) is 1. The molecule has 35 heavy (non-hydrogen) atoms. The van der Waals surface area contributed by atoms with E-state index in [1.54, 1.807) is 53.1 Å². The standard InChI is InChI=1S/C24H14N6O5/c1-35-13-7-9-16-15(11-13)21(14-8-6-12(30(33)34)10-18(14)25-16)29-19-5-3-2-4-17(19)26-20-22(29)27-24(32)28-23(20)31/h2-11H,1H3,(H,28,31,32). The third-order valence-corrected chi connectivity index (χ3v) is 5.79. The van der Waals surface area contributed by atoms with E-state index in [9.17, 15) is 19.7 Å². The number of pyridine rings is 1. The third-order valence-electron chi connectivity index (χ3n) is 5.79. The predicted octanol–water partition coefficient (Wildman–Crippen LogP) is 3.19. The van der Waals surface area contributed by atoms with Gasteiger partial charge in [0.1, 0.15) is 5.75 Å². The zero-order chi connectivity index (χ0) is 24.3. The number of nitrogens with one attached hydrogen (secondary N) is 1. The molecule has 0 radical (unpaired) electrons. The summed E-state index contributed by atoms with van der Waals surface area (Å²) in [5, 5.41) is 12.6. The zero-order valence-electron chi connectivity index (χ0n) is 18.1. The number of nitrogens with zero attached hydrogens (tertiary/aromatic N) is 5. The van der Waals surface area contributed by atoms with Crippen LogP contribution in [-0.4, -0.2) is 36.5 Å². The molecule has 2 aliphatic heterocycles. The Morgan fingerprint density at radius 1 is 0.914 bits per heavy atom. The summed E-state index contributed by atoms with van der Waals surface area (Å²) in [4.78, 5) is 51.2. The maximum atomic E-state index is 12.7. The van der Waals surface area contributed by atoms with Gasteiger partial charge in [-0.15, -0.1) is 0 Å². The summed E-state index contributed by atoms with van der Waals surface area (Å²) >= 11 is 0. The van der Waals surface area contributed by atoms with Gasteiger partial charge in [-0.2, -0.15) is 4.98 Å². The third kappa shape index (κ3) is 3.09. The molecule has 0 amide bonds. The van der Waals surface area contributed by atoms with Gasteiger partial charge >= 0.3 is 5.69 Å². The van der Waals surface area contributed by atoms with Crippen molar-refractivity contribution in [3.63, 3.8) is 0 Å². The van der Waals surface area contributed by atoms with Crippen LogP contribution in [0.2, 0.25) is 0 Å². The van der Waals surface area contributed by atoms with E-state index in [0.717, 1.165) is 0 Å². The highest BCUT2D eigenvalue weighted by molar-refractivity contribution is 6.06. The summed E-state index contributed by atoms with van der Waals surface area (Å²) in [6.45, 7) is 0. The SMILES string of the molecule is COc1ccc2nc3cc([N+](=O)[O-])ccc3c(-n3c4nc(=O)[nH]c(=O)c-4nc4ccccc43)c2c1. The number of benzene rings is 3. The molecule has 1 N–H and O–H groups in total. The second-order valence-corrected chi connectivity index (χ2v) is 7.78. The van der Waals surface area contributed by atoms with Gasteiger partial charge in [-0.1, -0.05) is 12.1 Å². The highest BCUT2D eigenvalue weighted by Gasteiger charge is 2.23. The molecule has 11 nitrogen and oxygen atoms in total. The van der Waals surface area contributed by atoms with Crippen LogP contribution in [0.5, 0.6) is 5.75 Å². The summed E-state index contributed by atoms with van der Waals surface area (Å²) in [5.74, 6) is 0.604. The number of para-hydroxylation sites is 2. The van der Waals surface area contributed by atoms with E-state index in [1.165, 1.54) is 19.2 Å². The highest BCUT2D eigenvalue weighted by atomic mass is 16.6. The summed E-state index contributed by atoms with van der Waals surface area (Å²) in [6, 6.07) is 16.7. The van der Waals surface area contributed by atoms with Crippen molar-refractivity contribution >= 4 is 38.5 Å². The molecular weight excluding hydrogens is 452 g/mol. The van der Waals surface area contributed by atoms with E-state index in [4.69, 9.17) is 4.74 Å². The van der Waals surface area contributed by atoms with Crippen LogP contribution in [0.1, 0.15) is 0 Å². The van der Waals surface area contributed by atoms with Crippen LogP contribution >= 0.6 is 0 Å². The van der Waals surface area contributed by atoms with Crippen molar-refractivity contribution in [2.45, 2.75) is 0 Å². The van der Waals surface area contributed by atoms with Crippen LogP contribution in [0.4, 0.5) is 5.69 Å². The molecule has 2 aliphatic rings. The van der Waals surface area contributed by atoms with Gasteiger partial charge in [0.25, 0.3) is 11.2 Å². The molecule has 0 bridgehead atoms. The van der Waals surface area contributed by atoms with E-state index in [0.29, 0.717) is 44.3 Å². The zero-order valence-corrected chi connectivity index (χ0v) is 18.1. The van der Waals surface area contributed by atoms with E-state index in [2.05, 4.69) is 19.9 Å². The Kier molecular flexibility index (Phi) is 4.33. The van der Waals surface area contributed by atoms with Gasteiger partial charge in [0.2, 0.25) is 0 Å². The van der Waals surface area contributed by atoms with Crippen LogP contribution in [0, 0.1) is 10.1 Å². The Morgan fingerprint density at radius 2 is 1.74 bits per heavy atom. The van der Waals surface area contributed by atoms with E-state index in [1.807, 2.05) is 0 Å². The fraction of sp³-hybridized carbons (Fsp3) is 0.0417. The van der Waals surface area contributed by atoms with Crippen LogP contribution in [-0.2, 0) is 0 Å². The number of methoxy groups -OCH3 is 1. The first-order valence-corrected chi connectivity index (χ1v) is 10.4. The maximum absolute atomic E-state index is 12.7. The van der Waals surface area contributed by atoms with Crippen LogP contribution in [0.15, 0.2) is 70.3 Å². The molecule has 0 spiro atoms. The Labute approximate surface area is 194 Å². The molecule has 4 aromatic rings. The average molecular weight is 466 g/mol. The number of aromatic nitrogens is 5. The van der Waals surface area contributed by atoms with Crippen LogP contribution in [0.3, 0.4) is 0 Å². The molecule has 0 aliphatic carbocycles. The van der Waals surface area contributed by atoms with Crippen molar-refractivity contribution in [3.8, 4) is 23.0 Å². The number of non-ortho nitro benzene ring substituents is 1. The van der Waals surface area contributed by atoms with Gasteiger partial charge in [0.05, 0.1) is 39.8 Å². The number of hydrogen-bond donors (Lipinski definition) is 1. The molecule has 0 fully saturated rings. The minimum absolute atomic E-state index is 0.0220. The lowest BCUT2D eigenvalue weighted by Gasteiger charge is -2.20. The van der Waals surface area contributed by atoms with Crippen molar-refractivity contribution in [3.05, 3.63) is 91.6 Å². The molecule has 0 saturated heterocycles. The Morgan fingerprint density at radius 3 is 2.54 bits per heavy atom. The monoisotopic (exact) mass is 466 g/mol. The van der Waals surface area contributed by atoms with E-state index >= 15 is 0 Å². The smallest absolute Gasteiger partial charge is 0.349 e. The summed E-state index contributed by atoms with van der Waals surface area (Å²) in [6.07, 6.45) is 0. The first kappa shape index (κ1) is 20.4. The predicted molar refractivity (Wildman–Crippen MR) is 128 cm³/mol. The Bertz CT molecular complexity index is 1930. The highest BCUT2D eigenvalue weighted by Crippen LogP contribution is 2.36. The molecule has 11 heteroatoms. The number of H-pyrrole nitrogens is 1. The number of fused-ring (bicyclic) bond motifs is 4. The number of rotatable bonds is 3. The lowest BCUT2D eigenvalue weighted by Crippen LogP contribution is -2.28. The number of nitro groups is 1. The average Bonchev–Trinajstić information content (AvgIpc) is 2.86. The van der Waals surface area contributed by atoms with Crippen molar-refractivity contribution in [1.82, 2.24) is 24.5 Å². The number of aromatic amines is 1. The fourth-order valence-electron chi connectivity index (χ4n) is 4.27. The largest absolute Gasteiger partial charge is 0.497 e. The maximum Gasteiger partial charge on any atom is 0.349 e. The first-order valence-electron chi connectivity index (χ1n) is 10.4. The number of nitro benzene ring substituents is 1. The lowest BCUT2D eigenvalue weighted by atomic mass is 10.1. The molecule has 3 aromatic carbocycles. The molecule has 0 unspecified atom stereocenters. The van der Waals surface area contributed by atoms with Gasteiger partial charge < -0.3 is 4.74 Å². The molecule has 0 atom stereocenters. The summed E-state index contributed by atoms with van der Waals surface area (Å²) in [5.41, 5.74) is 0.866. The number of hydrogen-bond acceptors (Lipinski definition) is 8. The quantitative estimate of drug-likeness (QED) is 0.238. The van der Waals surface area contributed by atoms with Crippen LogP contribution in [0.25, 0.3) is 50.0 Å².